The molecule has 1 radical (unpaired) electrons. The number of aliphatic hydroxyl groups is 1. The third-order valence-corrected chi connectivity index (χ3v) is 12.0. The van der Waals surface area contributed by atoms with Crippen molar-refractivity contribution in [2.24, 2.45) is 5.92 Å². The van der Waals surface area contributed by atoms with Gasteiger partial charge in [-0.15, -0.1) is 0 Å². The summed E-state index contributed by atoms with van der Waals surface area (Å²) in [6.07, 6.45) is 6.96. The molecule has 4 heteroatoms. The lowest BCUT2D eigenvalue weighted by Gasteiger charge is -2.39. The molecular formula is C49H43BNO2. The van der Waals surface area contributed by atoms with Crippen molar-refractivity contribution in [1.82, 2.24) is 0 Å². The minimum Gasteiger partial charge on any atom is -0.427 e. The first-order chi connectivity index (χ1) is 25.7. The Hall–Kier alpha value is -5.42. The zero-order chi connectivity index (χ0) is 36.4. The van der Waals surface area contributed by atoms with Crippen LogP contribution in [0.2, 0.25) is 0 Å². The molecule has 3 unspecified atom stereocenters. The molecule has 3 aliphatic rings. The van der Waals surface area contributed by atoms with Crippen LogP contribution >= 0.6 is 0 Å². The lowest BCUT2D eigenvalue weighted by Crippen LogP contribution is -2.48. The van der Waals surface area contributed by atoms with Crippen LogP contribution in [0.1, 0.15) is 55.9 Å². The fourth-order valence-electron chi connectivity index (χ4n) is 8.70. The number of para-hydroxylation sites is 1. The van der Waals surface area contributed by atoms with Crippen molar-refractivity contribution in [2.45, 2.75) is 50.2 Å². The second kappa shape index (κ2) is 12.6. The minimum absolute atomic E-state index is 0.109. The maximum absolute atomic E-state index is 10.8. The fraction of sp³-hybridized carbons (Fsp3) is 0.184. The van der Waals surface area contributed by atoms with Gasteiger partial charge in [-0.1, -0.05) is 139 Å². The number of hydrogen-bond donors (Lipinski definition) is 1. The van der Waals surface area contributed by atoms with Gasteiger partial charge in [-0.2, -0.15) is 0 Å². The van der Waals surface area contributed by atoms with Crippen LogP contribution < -0.4 is 4.90 Å². The minimum atomic E-state index is -1.01. The van der Waals surface area contributed by atoms with E-state index in [1.54, 1.807) is 13.8 Å². The van der Waals surface area contributed by atoms with E-state index in [-0.39, 0.29) is 11.8 Å². The number of hydrogen-bond acceptors (Lipinski definition) is 3. The normalized spacial score (nSPS) is 19.6. The number of benzene rings is 6. The second-order valence-electron chi connectivity index (χ2n) is 15.6. The van der Waals surface area contributed by atoms with Gasteiger partial charge in [-0.05, 0) is 109 Å². The third kappa shape index (κ3) is 5.35. The summed E-state index contributed by atoms with van der Waals surface area (Å²) >= 11 is 0. The standard InChI is InChI=1S/C49H43BNO2/c1-47(2,52)48(3,4)53-50-35-25-29-41-39-19-11-13-21-43(39)49(45(41)31-35)44-22-14-12-20-40(44)42-30-28-38(32-46(42)49)51(36-17-9-6-10-18-36)37-26-23-34(24-27-37)33-15-7-5-8-16-33/h5-32,41,45,52H,1-4H3. The number of fused-ring (bicyclic) bond motifs is 10. The first kappa shape index (κ1) is 33.4. The van der Waals surface area contributed by atoms with Crippen LogP contribution in [-0.4, -0.2) is 23.8 Å². The van der Waals surface area contributed by atoms with E-state index < -0.39 is 16.6 Å². The lowest BCUT2D eigenvalue weighted by atomic mass is 9.63. The van der Waals surface area contributed by atoms with Crippen LogP contribution in [0.25, 0.3) is 22.3 Å². The van der Waals surface area contributed by atoms with Gasteiger partial charge in [0, 0.05) is 28.9 Å². The lowest BCUT2D eigenvalue weighted by molar-refractivity contribution is -0.0896. The predicted octanol–water partition coefficient (Wildman–Crippen LogP) is 11.5. The monoisotopic (exact) mass is 688 g/mol. The number of rotatable bonds is 8. The molecule has 9 rings (SSSR count). The molecular weight excluding hydrogens is 645 g/mol. The first-order valence-electron chi connectivity index (χ1n) is 18.6. The summed E-state index contributed by atoms with van der Waals surface area (Å²) in [4.78, 5) is 2.38. The molecule has 0 bridgehead atoms. The topological polar surface area (TPSA) is 32.7 Å². The molecule has 3 nitrogen and oxygen atoms in total. The Bertz CT molecular complexity index is 2370. The van der Waals surface area contributed by atoms with E-state index in [1.807, 2.05) is 21.3 Å². The van der Waals surface area contributed by atoms with E-state index in [9.17, 15) is 5.11 Å². The Labute approximate surface area is 314 Å². The van der Waals surface area contributed by atoms with Crippen LogP contribution in [0.15, 0.2) is 175 Å². The molecule has 0 fully saturated rings. The van der Waals surface area contributed by atoms with E-state index in [2.05, 4.69) is 175 Å². The van der Waals surface area contributed by atoms with Gasteiger partial charge in [0.1, 0.15) is 0 Å². The van der Waals surface area contributed by atoms with Gasteiger partial charge in [0.2, 0.25) is 0 Å². The number of nitrogens with zero attached hydrogens (tertiary/aromatic N) is 1. The highest BCUT2D eigenvalue weighted by Crippen LogP contribution is 2.66. The predicted molar refractivity (Wildman–Crippen MR) is 219 cm³/mol. The van der Waals surface area contributed by atoms with Gasteiger partial charge in [0.15, 0.2) is 0 Å². The van der Waals surface area contributed by atoms with Crippen molar-refractivity contribution >= 4 is 24.5 Å². The van der Waals surface area contributed by atoms with Gasteiger partial charge >= 0.3 is 7.48 Å². The largest absolute Gasteiger partial charge is 0.427 e. The summed E-state index contributed by atoms with van der Waals surface area (Å²) < 4.78 is 6.33. The molecule has 53 heavy (non-hydrogen) atoms. The van der Waals surface area contributed by atoms with Gasteiger partial charge in [0.05, 0.1) is 16.6 Å². The summed E-state index contributed by atoms with van der Waals surface area (Å²) in [6.45, 7) is 7.46. The molecule has 0 aliphatic heterocycles. The molecule has 0 aromatic heterocycles. The molecule has 3 aliphatic carbocycles. The average Bonchev–Trinajstić information content (AvgIpc) is 3.64. The Morgan fingerprint density at radius 3 is 1.92 bits per heavy atom. The van der Waals surface area contributed by atoms with Crippen molar-refractivity contribution in [3.05, 3.63) is 198 Å². The van der Waals surface area contributed by atoms with E-state index in [4.69, 9.17) is 4.65 Å². The summed E-state index contributed by atoms with van der Waals surface area (Å²) in [5.74, 6) is 0.307. The van der Waals surface area contributed by atoms with Gasteiger partial charge in [-0.25, -0.2) is 0 Å². The highest BCUT2D eigenvalue weighted by molar-refractivity contribution is 6.39. The zero-order valence-electron chi connectivity index (χ0n) is 30.7. The molecule has 0 heterocycles. The van der Waals surface area contributed by atoms with Crippen LogP contribution in [0.5, 0.6) is 0 Å². The van der Waals surface area contributed by atoms with Crippen LogP contribution in [0.3, 0.4) is 0 Å². The molecule has 1 spiro atoms. The second-order valence-corrected chi connectivity index (χ2v) is 15.6. The molecule has 3 atom stereocenters. The van der Waals surface area contributed by atoms with E-state index >= 15 is 0 Å². The van der Waals surface area contributed by atoms with E-state index in [0.29, 0.717) is 0 Å². The van der Waals surface area contributed by atoms with Crippen LogP contribution in [0, 0.1) is 5.92 Å². The average molecular weight is 689 g/mol. The van der Waals surface area contributed by atoms with Crippen molar-refractivity contribution in [1.29, 1.82) is 0 Å². The Balaban J connectivity index is 1.21. The van der Waals surface area contributed by atoms with Crippen molar-refractivity contribution < 1.29 is 9.76 Å². The van der Waals surface area contributed by atoms with Gasteiger partial charge in [-0.3, -0.25) is 0 Å². The van der Waals surface area contributed by atoms with Crippen LogP contribution in [-0.2, 0) is 10.1 Å². The van der Waals surface area contributed by atoms with Gasteiger partial charge in [0.25, 0.3) is 0 Å². The number of anilines is 3. The van der Waals surface area contributed by atoms with Crippen molar-refractivity contribution in [2.75, 3.05) is 4.90 Å². The molecule has 0 saturated carbocycles. The smallest absolute Gasteiger partial charge is 0.330 e. The first-order valence-corrected chi connectivity index (χ1v) is 18.6. The van der Waals surface area contributed by atoms with Crippen molar-refractivity contribution in [3.8, 4) is 22.3 Å². The molecule has 0 amide bonds. The zero-order valence-corrected chi connectivity index (χ0v) is 30.7. The Morgan fingerprint density at radius 1 is 0.604 bits per heavy atom. The molecule has 6 aromatic carbocycles. The van der Waals surface area contributed by atoms with Crippen molar-refractivity contribution in [3.63, 3.8) is 0 Å². The summed E-state index contributed by atoms with van der Waals surface area (Å²) in [5, 5.41) is 10.8. The maximum atomic E-state index is 10.8. The SMILES string of the molecule is CC(C)(O)C(C)(C)O[B]C1=CC2C(C=C1)c1ccccc1C21c2ccccc2-c2ccc(N(c3ccccc3)c3ccc(-c4ccccc4)cc3)cc21. The summed E-state index contributed by atoms with van der Waals surface area (Å²) in [6, 6.07) is 55.3. The van der Waals surface area contributed by atoms with Crippen LogP contribution in [0.4, 0.5) is 17.1 Å². The fourth-order valence-corrected chi connectivity index (χ4v) is 8.70. The van der Waals surface area contributed by atoms with Gasteiger partial charge < -0.3 is 14.7 Å². The van der Waals surface area contributed by atoms with E-state index in [1.165, 1.54) is 44.5 Å². The molecule has 1 N–H and O–H groups in total. The Kier molecular flexibility index (Phi) is 7.96. The molecule has 259 valence electrons. The molecule has 6 aromatic rings. The Morgan fingerprint density at radius 2 is 1.19 bits per heavy atom. The molecule has 0 saturated heterocycles. The highest BCUT2D eigenvalue weighted by atomic mass is 16.5. The highest BCUT2D eigenvalue weighted by Gasteiger charge is 2.57. The number of allylic oxidation sites excluding steroid dienone is 4. The third-order valence-electron chi connectivity index (χ3n) is 12.0. The summed E-state index contributed by atoms with van der Waals surface area (Å²) in [5.41, 5.74) is 12.5. The maximum Gasteiger partial charge on any atom is 0.330 e. The quantitative estimate of drug-likeness (QED) is 0.162. The summed E-state index contributed by atoms with van der Waals surface area (Å²) in [7, 11) is 1.84. The van der Waals surface area contributed by atoms with E-state index in [0.717, 1.165) is 22.5 Å².